The fraction of sp³-hybridized carbons (Fsp3) is 0.357. The molecule has 0 saturated carbocycles. The molecule has 3 nitrogen and oxygen atoms in total. The summed E-state index contributed by atoms with van der Waals surface area (Å²) in [6, 6.07) is 8.14. The van der Waals surface area contributed by atoms with Gasteiger partial charge in [-0.1, -0.05) is 25.1 Å². The SMILES string of the molecule is Cc1c(C(C)CC(=O)O)c2ccccc2n1C. The zero-order chi connectivity index (χ0) is 12.6. The third-order valence-corrected chi connectivity index (χ3v) is 3.42. The van der Waals surface area contributed by atoms with Crippen LogP contribution in [0.2, 0.25) is 0 Å². The molecule has 0 amide bonds. The lowest BCUT2D eigenvalue weighted by Gasteiger charge is -2.09. The monoisotopic (exact) mass is 231 g/mol. The molecule has 17 heavy (non-hydrogen) atoms. The average Bonchev–Trinajstić information content (AvgIpc) is 2.51. The van der Waals surface area contributed by atoms with E-state index in [1.54, 1.807) is 0 Å². The molecule has 1 heterocycles. The number of rotatable bonds is 3. The van der Waals surface area contributed by atoms with Crippen LogP contribution in [0.3, 0.4) is 0 Å². The Morgan fingerprint density at radius 1 is 1.41 bits per heavy atom. The highest BCUT2D eigenvalue weighted by Crippen LogP contribution is 2.32. The molecule has 0 radical (unpaired) electrons. The number of hydrogen-bond donors (Lipinski definition) is 1. The minimum atomic E-state index is -0.746. The molecule has 2 aromatic rings. The first-order valence-corrected chi connectivity index (χ1v) is 5.78. The summed E-state index contributed by atoms with van der Waals surface area (Å²) in [4.78, 5) is 10.8. The molecule has 0 fully saturated rings. The molecule has 0 aliphatic rings. The normalized spacial score (nSPS) is 12.9. The molecule has 1 aromatic heterocycles. The van der Waals surface area contributed by atoms with Crippen LogP contribution in [0.5, 0.6) is 0 Å². The number of aryl methyl sites for hydroxylation is 1. The molecule has 0 aliphatic heterocycles. The van der Waals surface area contributed by atoms with Crippen molar-refractivity contribution in [1.82, 2.24) is 4.57 Å². The van der Waals surface area contributed by atoms with E-state index in [0.29, 0.717) is 0 Å². The topological polar surface area (TPSA) is 42.2 Å². The Morgan fingerprint density at radius 2 is 2.06 bits per heavy atom. The van der Waals surface area contributed by atoms with Crippen LogP contribution in [0.1, 0.15) is 30.5 Å². The van der Waals surface area contributed by atoms with Crippen LogP contribution in [-0.4, -0.2) is 15.6 Å². The summed E-state index contributed by atoms with van der Waals surface area (Å²) < 4.78 is 2.13. The lowest BCUT2D eigenvalue weighted by Crippen LogP contribution is -2.04. The third kappa shape index (κ3) is 1.93. The third-order valence-electron chi connectivity index (χ3n) is 3.42. The van der Waals surface area contributed by atoms with Crippen LogP contribution < -0.4 is 0 Å². The molecular weight excluding hydrogens is 214 g/mol. The number of carbonyl (C=O) groups is 1. The maximum absolute atomic E-state index is 10.8. The van der Waals surface area contributed by atoms with Gasteiger partial charge in [0.25, 0.3) is 0 Å². The van der Waals surface area contributed by atoms with Gasteiger partial charge in [0.1, 0.15) is 0 Å². The number of aliphatic carboxylic acids is 1. The van der Waals surface area contributed by atoms with Crippen molar-refractivity contribution in [3.63, 3.8) is 0 Å². The lowest BCUT2D eigenvalue weighted by molar-refractivity contribution is -0.137. The highest BCUT2D eigenvalue weighted by Gasteiger charge is 2.18. The second-order valence-electron chi connectivity index (χ2n) is 4.57. The van der Waals surface area contributed by atoms with Crippen molar-refractivity contribution in [3.8, 4) is 0 Å². The quantitative estimate of drug-likeness (QED) is 0.882. The first-order valence-electron chi connectivity index (χ1n) is 5.78. The van der Waals surface area contributed by atoms with Gasteiger partial charge in [0, 0.05) is 23.6 Å². The van der Waals surface area contributed by atoms with Gasteiger partial charge in [-0.2, -0.15) is 0 Å². The second kappa shape index (κ2) is 4.24. The van der Waals surface area contributed by atoms with E-state index in [1.165, 1.54) is 5.39 Å². The number of fused-ring (bicyclic) bond motifs is 1. The number of carboxylic acids is 1. The summed E-state index contributed by atoms with van der Waals surface area (Å²) in [5.41, 5.74) is 3.47. The molecule has 0 aliphatic carbocycles. The molecule has 3 heteroatoms. The summed E-state index contributed by atoms with van der Waals surface area (Å²) >= 11 is 0. The van der Waals surface area contributed by atoms with Gasteiger partial charge in [-0.05, 0) is 24.5 Å². The van der Waals surface area contributed by atoms with Gasteiger partial charge in [0.05, 0.1) is 6.42 Å². The number of para-hydroxylation sites is 1. The van der Waals surface area contributed by atoms with Crippen LogP contribution in [0.4, 0.5) is 0 Å². The van der Waals surface area contributed by atoms with Crippen LogP contribution >= 0.6 is 0 Å². The molecule has 1 aromatic carbocycles. The van der Waals surface area contributed by atoms with E-state index in [2.05, 4.69) is 16.7 Å². The molecule has 1 unspecified atom stereocenters. The number of hydrogen-bond acceptors (Lipinski definition) is 1. The lowest BCUT2D eigenvalue weighted by atomic mass is 9.95. The molecular formula is C14H17NO2. The molecule has 1 N–H and O–H groups in total. The maximum atomic E-state index is 10.8. The van der Waals surface area contributed by atoms with Gasteiger partial charge in [-0.15, -0.1) is 0 Å². The number of nitrogens with zero attached hydrogens (tertiary/aromatic N) is 1. The summed E-state index contributed by atoms with van der Waals surface area (Å²) in [7, 11) is 2.02. The standard InChI is InChI=1S/C14H17NO2/c1-9(8-13(16)17)14-10(2)15(3)12-7-5-4-6-11(12)14/h4-7,9H,8H2,1-3H3,(H,16,17). The Labute approximate surface area is 101 Å². The molecule has 0 bridgehead atoms. The first kappa shape index (κ1) is 11.7. The second-order valence-corrected chi connectivity index (χ2v) is 4.57. The van der Waals surface area contributed by atoms with Gasteiger partial charge < -0.3 is 9.67 Å². The Bertz CT molecular complexity index is 569. The van der Waals surface area contributed by atoms with Gasteiger partial charge in [0.2, 0.25) is 0 Å². The Kier molecular flexibility index (Phi) is 2.92. The van der Waals surface area contributed by atoms with Crippen molar-refractivity contribution < 1.29 is 9.90 Å². The molecule has 2 rings (SSSR count). The summed E-state index contributed by atoms with van der Waals surface area (Å²) in [6.45, 7) is 4.02. The van der Waals surface area contributed by atoms with Crippen molar-refractivity contribution in [2.75, 3.05) is 0 Å². The fourth-order valence-corrected chi connectivity index (χ4v) is 2.54. The van der Waals surface area contributed by atoms with Crippen LogP contribution in [0.15, 0.2) is 24.3 Å². The van der Waals surface area contributed by atoms with E-state index in [9.17, 15) is 4.79 Å². The predicted octanol–water partition coefficient (Wildman–Crippen LogP) is 3.06. The first-order chi connectivity index (χ1) is 8.02. The van der Waals surface area contributed by atoms with E-state index >= 15 is 0 Å². The minimum absolute atomic E-state index is 0.0404. The van der Waals surface area contributed by atoms with Crippen LogP contribution in [0.25, 0.3) is 10.9 Å². The summed E-state index contributed by atoms with van der Waals surface area (Å²) in [5, 5.41) is 10.1. The van der Waals surface area contributed by atoms with Gasteiger partial charge in [-0.3, -0.25) is 4.79 Å². The van der Waals surface area contributed by atoms with E-state index < -0.39 is 5.97 Å². The Balaban J connectivity index is 2.60. The smallest absolute Gasteiger partial charge is 0.303 e. The van der Waals surface area contributed by atoms with Gasteiger partial charge in [0.15, 0.2) is 0 Å². The highest BCUT2D eigenvalue weighted by molar-refractivity contribution is 5.86. The molecule has 0 saturated heterocycles. The number of benzene rings is 1. The summed E-state index contributed by atoms with van der Waals surface area (Å²) in [6.07, 6.45) is 0.175. The molecule has 0 spiro atoms. The van der Waals surface area contributed by atoms with E-state index in [-0.39, 0.29) is 12.3 Å². The van der Waals surface area contributed by atoms with Crippen LogP contribution in [-0.2, 0) is 11.8 Å². The molecule has 1 atom stereocenters. The minimum Gasteiger partial charge on any atom is -0.481 e. The largest absolute Gasteiger partial charge is 0.481 e. The Morgan fingerprint density at radius 3 is 2.71 bits per heavy atom. The van der Waals surface area contributed by atoms with Crippen LogP contribution in [0, 0.1) is 6.92 Å². The van der Waals surface area contributed by atoms with Crippen molar-refractivity contribution in [1.29, 1.82) is 0 Å². The van der Waals surface area contributed by atoms with E-state index in [0.717, 1.165) is 16.8 Å². The number of aromatic nitrogens is 1. The molecule has 90 valence electrons. The average molecular weight is 231 g/mol. The van der Waals surface area contributed by atoms with E-state index in [1.807, 2.05) is 33.0 Å². The van der Waals surface area contributed by atoms with Gasteiger partial charge >= 0.3 is 5.97 Å². The van der Waals surface area contributed by atoms with Crippen molar-refractivity contribution in [2.45, 2.75) is 26.2 Å². The van der Waals surface area contributed by atoms with E-state index in [4.69, 9.17) is 5.11 Å². The zero-order valence-corrected chi connectivity index (χ0v) is 10.4. The predicted molar refractivity (Wildman–Crippen MR) is 68.3 cm³/mol. The Hall–Kier alpha value is -1.77. The summed E-state index contributed by atoms with van der Waals surface area (Å²) in [5.74, 6) is -0.705. The van der Waals surface area contributed by atoms with Crippen molar-refractivity contribution >= 4 is 16.9 Å². The van der Waals surface area contributed by atoms with Gasteiger partial charge in [-0.25, -0.2) is 0 Å². The highest BCUT2D eigenvalue weighted by atomic mass is 16.4. The maximum Gasteiger partial charge on any atom is 0.303 e. The number of carboxylic acid groups (broad SMARTS) is 1. The fourth-order valence-electron chi connectivity index (χ4n) is 2.54. The van der Waals surface area contributed by atoms with Crippen molar-refractivity contribution in [2.24, 2.45) is 7.05 Å². The zero-order valence-electron chi connectivity index (χ0n) is 10.4. The van der Waals surface area contributed by atoms with Crippen molar-refractivity contribution in [3.05, 3.63) is 35.5 Å².